The second-order valence-electron chi connectivity index (χ2n) is 4.38. The van der Waals surface area contributed by atoms with Gasteiger partial charge in [0, 0.05) is 19.6 Å². The highest BCUT2D eigenvalue weighted by Crippen LogP contribution is 2.11. The molecule has 19 heavy (non-hydrogen) atoms. The smallest absolute Gasteiger partial charge is 0.123 e. The molecular formula is C13H19FN2O3. The second kappa shape index (κ2) is 7.40. The maximum Gasteiger partial charge on any atom is 0.123 e. The summed E-state index contributed by atoms with van der Waals surface area (Å²) in [5.74, 6) is 0.244. The fourth-order valence-corrected chi connectivity index (χ4v) is 1.74. The fourth-order valence-electron chi connectivity index (χ4n) is 1.74. The molecule has 0 spiro atoms. The highest BCUT2D eigenvalue weighted by Gasteiger charge is 2.12. The van der Waals surface area contributed by atoms with Gasteiger partial charge in [-0.3, -0.25) is 5.43 Å². The van der Waals surface area contributed by atoms with Gasteiger partial charge in [0.05, 0.1) is 13.2 Å². The Bertz CT molecular complexity index is 369. The van der Waals surface area contributed by atoms with Crippen LogP contribution in [0, 0.1) is 5.82 Å². The fraction of sp³-hybridized carbons (Fsp3) is 0.538. The zero-order valence-corrected chi connectivity index (χ0v) is 10.7. The van der Waals surface area contributed by atoms with Crippen LogP contribution in [0.25, 0.3) is 0 Å². The van der Waals surface area contributed by atoms with Crippen molar-refractivity contribution >= 4 is 0 Å². The predicted octanol–water partition coefficient (Wildman–Crippen LogP) is 0.402. The molecule has 2 N–H and O–H groups in total. The lowest BCUT2D eigenvalue weighted by atomic mass is 10.3. The first-order chi connectivity index (χ1) is 9.24. The van der Waals surface area contributed by atoms with Gasteiger partial charge in [0.2, 0.25) is 0 Å². The minimum absolute atomic E-state index is 0.170. The summed E-state index contributed by atoms with van der Waals surface area (Å²) >= 11 is 0. The minimum atomic E-state index is -0.618. The number of benzene rings is 1. The lowest BCUT2D eigenvalue weighted by Gasteiger charge is -2.28. The molecule has 106 valence electrons. The van der Waals surface area contributed by atoms with E-state index in [4.69, 9.17) is 9.47 Å². The van der Waals surface area contributed by atoms with E-state index in [2.05, 4.69) is 5.43 Å². The van der Waals surface area contributed by atoms with Crippen LogP contribution in [0.1, 0.15) is 0 Å². The molecule has 1 aromatic rings. The van der Waals surface area contributed by atoms with Crippen molar-refractivity contribution in [3.8, 4) is 5.75 Å². The van der Waals surface area contributed by atoms with Gasteiger partial charge in [-0.05, 0) is 24.3 Å². The van der Waals surface area contributed by atoms with Gasteiger partial charge in [-0.1, -0.05) is 0 Å². The average Bonchev–Trinajstić information content (AvgIpc) is 2.45. The summed E-state index contributed by atoms with van der Waals surface area (Å²) < 4.78 is 23.3. The third-order valence-electron chi connectivity index (χ3n) is 2.82. The summed E-state index contributed by atoms with van der Waals surface area (Å²) in [5.41, 5.74) is 3.13. The second-order valence-corrected chi connectivity index (χ2v) is 4.38. The molecule has 1 atom stereocenters. The molecule has 0 radical (unpaired) electrons. The van der Waals surface area contributed by atoms with Gasteiger partial charge in [0.15, 0.2) is 0 Å². The van der Waals surface area contributed by atoms with Crippen molar-refractivity contribution in [1.29, 1.82) is 0 Å². The normalized spacial score (nSPS) is 18.2. The van der Waals surface area contributed by atoms with Gasteiger partial charge in [-0.2, -0.15) is 0 Å². The molecule has 1 aromatic carbocycles. The van der Waals surface area contributed by atoms with E-state index >= 15 is 0 Å². The molecule has 6 heteroatoms. The van der Waals surface area contributed by atoms with Crippen molar-refractivity contribution in [1.82, 2.24) is 10.4 Å². The van der Waals surface area contributed by atoms with Gasteiger partial charge in [0.1, 0.15) is 24.3 Å². The summed E-state index contributed by atoms with van der Waals surface area (Å²) in [6.45, 7) is 3.62. The van der Waals surface area contributed by atoms with E-state index in [0.717, 1.165) is 13.1 Å². The van der Waals surface area contributed by atoms with Crippen LogP contribution in [0.3, 0.4) is 0 Å². The summed E-state index contributed by atoms with van der Waals surface area (Å²) in [7, 11) is 0. The van der Waals surface area contributed by atoms with Crippen molar-refractivity contribution in [3.63, 3.8) is 0 Å². The number of nitrogens with one attached hydrogen (secondary N) is 1. The third kappa shape index (κ3) is 5.12. The van der Waals surface area contributed by atoms with E-state index in [0.29, 0.717) is 25.5 Å². The van der Waals surface area contributed by atoms with E-state index in [1.54, 1.807) is 0 Å². The van der Waals surface area contributed by atoms with E-state index in [1.807, 2.05) is 5.01 Å². The van der Waals surface area contributed by atoms with Crippen LogP contribution in [0.15, 0.2) is 24.3 Å². The molecule has 0 saturated carbocycles. The molecular weight excluding hydrogens is 251 g/mol. The van der Waals surface area contributed by atoms with Crippen LogP contribution in [0.5, 0.6) is 5.75 Å². The molecule has 5 nitrogen and oxygen atoms in total. The number of rotatable bonds is 6. The van der Waals surface area contributed by atoms with Crippen molar-refractivity contribution in [2.24, 2.45) is 0 Å². The summed E-state index contributed by atoms with van der Waals surface area (Å²) in [6, 6.07) is 5.73. The number of ether oxygens (including phenoxy) is 2. The van der Waals surface area contributed by atoms with Crippen molar-refractivity contribution < 1.29 is 19.0 Å². The Kier molecular flexibility index (Phi) is 5.53. The number of hydrogen-bond acceptors (Lipinski definition) is 5. The topological polar surface area (TPSA) is 54.0 Å². The number of aliphatic hydroxyl groups is 1. The maximum absolute atomic E-state index is 12.7. The van der Waals surface area contributed by atoms with Crippen molar-refractivity contribution in [2.45, 2.75) is 6.10 Å². The molecule has 1 unspecified atom stereocenters. The third-order valence-corrected chi connectivity index (χ3v) is 2.82. The number of aliphatic hydroxyl groups excluding tert-OH is 1. The average molecular weight is 270 g/mol. The van der Waals surface area contributed by atoms with Crippen molar-refractivity contribution in [2.75, 3.05) is 39.5 Å². The maximum atomic E-state index is 12.7. The Morgan fingerprint density at radius 3 is 2.68 bits per heavy atom. The predicted molar refractivity (Wildman–Crippen MR) is 68.3 cm³/mol. The monoisotopic (exact) mass is 270 g/mol. The van der Waals surface area contributed by atoms with Gasteiger partial charge < -0.3 is 14.6 Å². The lowest BCUT2D eigenvalue weighted by Crippen LogP contribution is -2.48. The summed E-state index contributed by atoms with van der Waals surface area (Å²) in [6.07, 6.45) is -0.618. The highest BCUT2D eigenvalue weighted by molar-refractivity contribution is 5.22. The van der Waals surface area contributed by atoms with Crippen LogP contribution in [-0.2, 0) is 4.74 Å². The van der Waals surface area contributed by atoms with Gasteiger partial charge in [-0.25, -0.2) is 9.40 Å². The van der Waals surface area contributed by atoms with Crippen LogP contribution in [0.2, 0.25) is 0 Å². The number of halogens is 1. The first kappa shape index (κ1) is 14.2. The first-order valence-corrected chi connectivity index (χ1v) is 6.36. The van der Waals surface area contributed by atoms with Crippen LogP contribution < -0.4 is 10.2 Å². The van der Waals surface area contributed by atoms with E-state index in [1.165, 1.54) is 24.3 Å². The molecule has 0 amide bonds. The largest absolute Gasteiger partial charge is 0.491 e. The summed E-state index contributed by atoms with van der Waals surface area (Å²) in [4.78, 5) is 0. The van der Waals surface area contributed by atoms with Gasteiger partial charge in [-0.15, -0.1) is 0 Å². The summed E-state index contributed by atoms with van der Waals surface area (Å²) in [5, 5.41) is 11.8. The highest BCUT2D eigenvalue weighted by atomic mass is 19.1. The molecule has 2 rings (SSSR count). The molecule has 1 saturated heterocycles. The van der Waals surface area contributed by atoms with Crippen molar-refractivity contribution in [3.05, 3.63) is 30.1 Å². The quantitative estimate of drug-likeness (QED) is 0.784. The molecule has 1 aliphatic rings. The standard InChI is InChI=1S/C13H19FN2O3/c14-11-1-3-13(4-2-11)19-10-12(17)9-15-16-5-7-18-8-6-16/h1-4,12,15,17H,5-10H2. The molecule has 0 bridgehead atoms. The Morgan fingerprint density at radius 1 is 1.32 bits per heavy atom. The number of morpholine rings is 1. The first-order valence-electron chi connectivity index (χ1n) is 6.36. The Hall–Kier alpha value is -1.21. The van der Waals surface area contributed by atoms with Gasteiger partial charge >= 0.3 is 0 Å². The molecule has 1 aliphatic heterocycles. The number of hydrazine groups is 1. The van der Waals surface area contributed by atoms with E-state index < -0.39 is 6.10 Å². The molecule has 0 aromatic heterocycles. The number of nitrogens with zero attached hydrogens (tertiary/aromatic N) is 1. The zero-order chi connectivity index (χ0) is 13.5. The Balaban J connectivity index is 1.63. The number of hydrogen-bond donors (Lipinski definition) is 2. The van der Waals surface area contributed by atoms with E-state index in [9.17, 15) is 9.50 Å². The van der Waals surface area contributed by atoms with Crippen LogP contribution in [0.4, 0.5) is 4.39 Å². The molecule has 1 fully saturated rings. The Labute approximate surface area is 111 Å². The zero-order valence-electron chi connectivity index (χ0n) is 10.7. The molecule has 0 aliphatic carbocycles. The lowest BCUT2D eigenvalue weighted by molar-refractivity contribution is -0.000792. The van der Waals surface area contributed by atoms with Gasteiger partial charge in [0.25, 0.3) is 0 Å². The van der Waals surface area contributed by atoms with Crippen LogP contribution >= 0.6 is 0 Å². The van der Waals surface area contributed by atoms with E-state index in [-0.39, 0.29) is 12.4 Å². The molecule has 1 heterocycles. The minimum Gasteiger partial charge on any atom is -0.491 e. The van der Waals surface area contributed by atoms with Crippen LogP contribution in [-0.4, -0.2) is 55.7 Å². The SMILES string of the molecule is OC(CNN1CCOCC1)COc1ccc(F)cc1. The Morgan fingerprint density at radius 2 is 2.00 bits per heavy atom.